The minimum atomic E-state index is -1.28. The largest absolute Gasteiger partial charge is 0.322 e. The fourth-order valence-electron chi connectivity index (χ4n) is 3.96. The van der Waals surface area contributed by atoms with E-state index in [0.29, 0.717) is 17.3 Å². The van der Waals surface area contributed by atoms with E-state index < -0.39 is 10.8 Å². The average Bonchev–Trinajstić information content (AvgIpc) is 3.24. The zero-order valence-corrected chi connectivity index (χ0v) is 22.1. The number of aryl methyl sites for hydroxylation is 1. The van der Waals surface area contributed by atoms with Gasteiger partial charge in [0.2, 0.25) is 5.91 Å². The van der Waals surface area contributed by atoms with E-state index in [1.807, 2.05) is 43.8 Å². The number of hydrogen-bond acceptors (Lipinski definition) is 8. The maximum Gasteiger partial charge on any atom is 0.238 e. The number of piperazine rings is 1. The zero-order valence-electron chi connectivity index (χ0n) is 19.7. The molecule has 0 spiro atoms. The third-order valence-electron chi connectivity index (χ3n) is 5.73. The summed E-state index contributed by atoms with van der Waals surface area (Å²) in [5, 5.41) is 3.41. The van der Waals surface area contributed by atoms with Gasteiger partial charge < -0.3 is 5.32 Å². The van der Waals surface area contributed by atoms with Crippen molar-refractivity contribution in [1.29, 1.82) is 0 Å². The molecule has 1 aromatic carbocycles. The molecule has 0 bridgehead atoms. The van der Waals surface area contributed by atoms with Crippen LogP contribution in [0.1, 0.15) is 5.69 Å². The van der Waals surface area contributed by atoms with Crippen molar-refractivity contribution >= 4 is 57.1 Å². The predicted octanol–water partition coefficient (Wildman–Crippen LogP) is 2.95. The molecular weight excluding hydrogens is 488 g/mol. The Hall–Kier alpha value is -1.92. The standard InChI is InChI=1S/C23H30N6O2S3/c1-17-14-20(32-2)22(23(25-17)34(3)31)26-21(30)15-28-10-8-27(9-11-28)12-13-33-29-16-24-18-6-4-5-7-19(18)29/h4-7,14,16H,8-13,15H2,1-3H3,(H,26,30). The SMILES string of the molecule is CSc1cc(C)nc(S(C)=O)c1NC(=O)CN1CCN(CCSn2cnc3ccccc32)CC1. The van der Waals surface area contributed by atoms with Gasteiger partial charge in [0.15, 0.2) is 5.03 Å². The Morgan fingerprint density at radius 1 is 1.18 bits per heavy atom. The number of imidazole rings is 1. The normalized spacial score (nSPS) is 16.1. The van der Waals surface area contributed by atoms with E-state index in [0.717, 1.165) is 60.1 Å². The van der Waals surface area contributed by atoms with Crippen LogP contribution in [0.3, 0.4) is 0 Å². The lowest BCUT2D eigenvalue weighted by molar-refractivity contribution is -0.117. The number of amides is 1. The van der Waals surface area contributed by atoms with E-state index >= 15 is 0 Å². The summed E-state index contributed by atoms with van der Waals surface area (Å²) < 4.78 is 14.3. The van der Waals surface area contributed by atoms with Crippen LogP contribution in [0.2, 0.25) is 0 Å². The number of rotatable bonds is 9. The summed E-state index contributed by atoms with van der Waals surface area (Å²) in [7, 11) is -1.28. The number of carbonyl (C=O) groups is 1. The van der Waals surface area contributed by atoms with Gasteiger partial charge >= 0.3 is 0 Å². The van der Waals surface area contributed by atoms with Crippen LogP contribution in [0.25, 0.3) is 11.0 Å². The summed E-state index contributed by atoms with van der Waals surface area (Å²) in [6.07, 6.45) is 5.42. The van der Waals surface area contributed by atoms with Gasteiger partial charge in [-0.25, -0.2) is 9.97 Å². The summed E-state index contributed by atoms with van der Waals surface area (Å²) >= 11 is 3.29. The Morgan fingerprint density at radius 2 is 1.91 bits per heavy atom. The number of nitrogens with zero attached hydrogens (tertiary/aromatic N) is 5. The van der Waals surface area contributed by atoms with Gasteiger partial charge in [0.05, 0.1) is 34.1 Å². The molecule has 0 saturated carbocycles. The Morgan fingerprint density at radius 3 is 2.65 bits per heavy atom. The summed E-state index contributed by atoms with van der Waals surface area (Å²) in [6.45, 7) is 6.75. The fourth-order valence-corrected chi connectivity index (χ4v) is 6.33. The Labute approximate surface area is 211 Å². The second kappa shape index (κ2) is 11.7. The first-order valence-corrected chi connectivity index (χ1v) is 14.9. The average molecular weight is 519 g/mol. The molecule has 1 amide bonds. The highest BCUT2D eigenvalue weighted by molar-refractivity contribution is 7.98. The van der Waals surface area contributed by atoms with Crippen molar-refractivity contribution in [2.24, 2.45) is 0 Å². The Kier molecular flexibility index (Phi) is 8.65. The number of carbonyl (C=O) groups excluding carboxylic acids is 1. The topological polar surface area (TPSA) is 83.4 Å². The van der Waals surface area contributed by atoms with Crippen LogP contribution >= 0.6 is 23.7 Å². The molecule has 0 radical (unpaired) electrons. The van der Waals surface area contributed by atoms with E-state index in [-0.39, 0.29) is 5.91 Å². The lowest BCUT2D eigenvalue weighted by Gasteiger charge is -2.34. The number of anilines is 1. The van der Waals surface area contributed by atoms with Gasteiger partial charge in [-0.15, -0.1) is 11.8 Å². The van der Waals surface area contributed by atoms with E-state index in [1.54, 1.807) is 18.2 Å². The molecule has 2 aromatic heterocycles. The molecule has 34 heavy (non-hydrogen) atoms. The number of hydrogen-bond donors (Lipinski definition) is 1. The maximum atomic E-state index is 12.8. The molecule has 1 aliphatic heterocycles. The van der Waals surface area contributed by atoms with E-state index in [4.69, 9.17) is 0 Å². The van der Waals surface area contributed by atoms with Crippen molar-refractivity contribution in [1.82, 2.24) is 23.7 Å². The molecule has 4 rings (SSSR count). The molecule has 182 valence electrons. The first kappa shape index (κ1) is 25.2. The molecule has 1 saturated heterocycles. The van der Waals surface area contributed by atoms with Crippen molar-refractivity contribution in [3.63, 3.8) is 0 Å². The second-order valence-corrected chi connectivity index (χ2v) is 11.4. The maximum absolute atomic E-state index is 12.8. The quantitative estimate of drug-likeness (QED) is 0.433. The first-order valence-electron chi connectivity index (χ1n) is 11.1. The van der Waals surface area contributed by atoms with Gasteiger partial charge in [0.25, 0.3) is 0 Å². The van der Waals surface area contributed by atoms with Gasteiger partial charge in [0.1, 0.15) is 6.33 Å². The molecule has 8 nitrogen and oxygen atoms in total. The number of aromatic nitrogens is 3. The highest BCUT2D eigenvalue weighted by atomic mass is 32.2. The van der Waals surface area contributed by atoms with Gasteiger partial charge in [-0.1, -0.05) is 12.1 Å². The summed E-state index contributed by atoms with van der Waals surface area (Å²) in [5.74, 6) is 0.888. The monoisotopic (exact) mass is 518 g/mol. The van der Waals surface area contributed by atoms with E-state index in [9.17, 15) is 9.00 Å². The fraction of sp³-hybridized carbons (Fsp3) is 0.435. The molecule has 11 heteroatoms. The molecule has 3 heterocycles. The van der Waals surface area contributed by atoms with Crippen molar-refractivity contribution in [2.45, 2.75) is 16.8 Å². The molecule has 1 fully saturated rings. The summed E-state index contributed by atoms with van der Waals surface area (Å²) in [4.78, 5) is 27.1. The van der Waals surface area contributed by atoms with Crippen LogP contribution in [0.15, 0.2) is 46.6 Å². The van der Waals surface area contributed by atoms with Gasteiger partial charge in [-0.05, 0) is 43.3 Å². The van der Waals surface area contributed by atoms with Crippen molar-refractivity contribution in [2.75, 3.05) is 62.8 Å². The number of benzene rings is 1. The third kappa shape index (κ3) is 6.19. The predicted molar refractivity (Wildman–Crippen MR) is 142 cm³/mol. The lowest BCUT2D eigenvalue weighted by Crippen LogP contribution is -2.49. The molecule has 1 atom stereocenters. The Balaban J connectivity index is 1.24. The van der Waals surface area contributed by atoms with Crippen LogP contribution in [-0.4, -0.2) is 91.4 Å². The van der Waals surface area contributed by atoms with Crippen LogP contribution in [0, 0.1) is 6.92 Å². The highest BCUT2D eigenvalue weighted by Gasteiger charge is 2.21. The smallest absolute Gasteiger partial charge is 0.238 e. The minimum Gasteiger partial charge on any atom is -0.322 e. The molecular formula is C23H30N6O2S3. The highest BCUT2D eigenvalue weighted by Crippen LogP contribution is 2.30. The zero-order chi connectivity index (χ0) is 24.1. The molecule has 1 N–H and O–H groups in total. The summed E-state index contributed by atoms with van der Waals surface area (Å²) in [6, 6.07) is 10.1. The van der Waals surface area contributed by atoms with Crippen LogP contribution in [0.5, 0.6) is 0 Å². The molecule has 1 aliphatic rings. The molecule has 0 aliphatic carbocycles. The second-order valence-electron chi connectivity index (χ2n) is 8.16. The minimum absolute atomic E-state index is 0.0938. The van der Waals surface area contributed by atoms with Crippen molar-refractivity contribution in [3.05, 3.63) is 42.4 Å². The number of pyridine rings is 1. The van der Waals surface area contributed by atoms with Crippen LogP contribution in [-0.2, 0) is 15.6 Å². The lowest BCUT2D eigenvalue weighted by atomic mass is 10.3. The van der Waals surface area contributed by atoms with Gasteiger partial charge in [0, 0.05) is 55.3 Å². The van der Waals surface area contributed by atoms with Crippen LogP contribution < -0.4 is 5.32 Å². The van der Waals surface area contributed by atoms with Crippen molar-refractivity contribution in [3.8, 4) is 0 Å². The van der Waals surface area contributed by atoms with Gasteiger partial charge in [-0.2, -0.15) is 0 Å². The van der Waals surface area contributed by atoms with Crippen molar-refractivity contribution < 1.29 is 9.00 Å². The number of fused-ring (bicyclic) bond motifs is 1. The first-order chi connectivity index (χ1) is 16.4. The van der Waals surface area contributed by atoms with Gasteiger partial charge in [-0.3, -0.25) is 22.8 Å². The summed E-state index contributed by atoms with van der Waals surface area (Å²) in [5.41, 5.74) is 3.53. The van der Waals surface area contributed by atoms with Crippen LogP contribution in [0.4, 0.5) is 5.69 Å². The molecule has 3 aromatic rings. The number of nitrogens with one attached hydrogen (secondary N) is 1. The Bertz CT molecular complexity index is 1180. The number of thioether (sulfide) groups is 1. The van der Waals surface area contributed by atoms with E-state index in [2.05, 4.69) is 35.1 Å². The van der Waals surface area contributed by atoms with E-state index in [1.165, 1.54) is 11.8 Å². The third-order valence-corrected chi connectivity index (χ3v) is 8.26. The number of para-hydroxylation sites is 2. The molecule has 1 unspecified atom stereocenters.